The van der Waals surface area contributed by atoms with E-state index in [2.05, 4.69) is 10.2 Å². The van der Waals surface area contributed by atoms with E-state index in [1.807, 2.05) is 19.1 Å². The number of benzene rings is 2. The first-order chi connectivity index (χ1) is 12.5. The van der Waals surface area contributed by atoms with Crippen LogP contribution in [0.25, 0.3) is 0 Å². The van der Waals surface area contributed by atoms with Crippen molar-refractivity contribution < 1.29 is 14.8 Å². The van der Waals surface area contributed by atoms with Crippen LogP contribution >= 0.6 is 23.2 Å². The lowest BCUT2D eigenvalue weighted by Gasteiger charge is -2.36. The van der Waals surface area contributed by atoms with Gasteiger partial charge in [-0.05, 0) is 43.3 Å². The maximum atomic E-state index is 12.6. The van der Waals surface area contributed by atoms with Crippen molar-refractivity contribution in [1.29, 1.82) is 0 Å². The molecule has 26 heavy (non-hydrogen) atoms. The summed E-state index contributed by atoms with van der Waals surface area (Å²) in [5, 5.41) is 13.1. The largest absolute Gasteiger partial charge is 0.508 e. The third-order valence-corrected chi connectivity index (χ3v) is 5.47. The monoisotopic (exact) mass is 394 g/mol. The molecule has 3 rings (SSSR count). The number of amides is 1. The fraction of sp³-hybridized carbons (Fsp3) is 0.316. The van der Waals surface area contributed by atoms with Gasteiger partial charge in [-0.2, -0.15) is 0 Å². The first-order valence-corrected chi connectivity index (χ1v) is 9.34. The highest BCUT2D eigenvalue weighted by atomic mass is 35.5. The van der Waals surface area contributed by atoms with Crippen molar-refractivity contribution >= 4 is 40.5 Å². The number of para-hydroxylation sites is 1. The number of hydrogen-bond donors (Lipinski definition) is 3. The minimum atomic E-state index is -0.204. The zero-order chi connectivity index (χ0) is 18.7. The molecule has 5 nitrogen and oxygen atoms in total. The van der Waals surface area contributed by atoms with Gasteiger partial charge < -0.3 is 20.2 Å². The Morgan fingerprint density at radius 1 is 1.12 bits per heavy atom. The molecule has 138 valence electrons. The molecule has 7 heteroatoms. The molecule has 0 spiro atoms. The number of piperazine rings is 1. The normalized spacial score (nSPS) is 16.3. The number of rotatable bonds is 4. The van der Waals surface area contributed by atoms with E-state index in [1.165, 1.54) is 4.90 Å². The van der Waals surface area contributed by atoms with Gasteiger partial charge in [0.2, 0.25) is 0 Å². The van der Waals surface area contributed by atoms with Crippen molar-refractivity contribution in [2.24, 2.45) is 0 Å². The predicted molar refractivity (Wildman–Crippen MR) is 106 cm³/mol. The van der Waals surface area contributed by atoms with E-state index in [0.717, 1.165) is 31.9 Å². The molecule has 3 N–H and O–H groups in total. The molecule has 1 atom stereocenters. The zero-order valence-corrected chi connectivity index (χ0v) is 16.0. The highest BCUT2D eigenvalue weighted by Gasteiger charge is 2.29. The van der Waals surface area contributed by atoms with E-state index < -0.39 is 0 Å². The van der Waals surface area contributed by atoms with Crippen molar-refractivity contribution in [2.45, 2.75) is 13.0 Å². The van der Waals surface area contributed by atoms with Crippen molar-refractivity contribution in [2.75, 3.05) is 36.4 Å². The molecular weight excluding hydrogens is 373 g/mol. The van der Waals surface area contributed by atoms with Crippen LogP contribution in [0.1, 0.15) is 6.92 Å². The zero-order valence-electron chi connectivity index (χ0n) is 14.5. The van der Waals surface area contributed by atoms with E-state index >= 15 is 0 Å². The van der Waals surface area contributed by atoms with E-state index in [9.17, 15) is 9.90 Å². The number of phenols is 1. The van der Waals surface area contributed by atoms with Crippen LogP contribution in [0.4, 0.5) is 11.4 Å². The summed E-state index contributed by atoms with van der Waals surface area (Å²) in [6.45, 7) is 5.33. The van der Waals surface area contributed by atoms with Gasteiger partial charge in [0.1, 0.15) is 5.75 Å². The van der Waals surface area contributed by atoms with Crippen LogP contribution in [0.3, 0.4) is 0 Å². The van der Waals surface area contributed by atoms with Gasteiger partial charge in [0.15, 0.2) is 6.04 Å². The van der Waals surface area contributed by atoms with E-state index in [1.54, 1.807) is 30.3 Å². The van der Waals surface area contributed by atoms with E-state index in [4.69, 9.17) is 23.2 Å². The predicted octanol–water partition coefficient (Wildman–Crippen LogP) is 2.43. The van der Waals surface area contributed by atoms with Gasteiger partial charge >= 0.3 is 0 Å². The van der Waals surface area contributed by atoms with Crippen LogP contribution in [-0.2, 0) is 4.79 Å². The maximum Gasteiger partial charge on any atom is 0.282 e. The number of aromatic hydroxyl groups is 1. The third-order valence-electron chi connectivity index (χ3n) is 4.84. The Bertz CT molecular complexity index is 755. The van der Waals surface area contributed by atoms with Gasteiger partial charge in [0.05, 0.1) is 41.9 Å². The molecule has 1 heterocycles. The molecule has 0 bridgehead atoms. The van der Waals surface area contributed by atoms with Crippen LogP contribution in [-0.4, -0.2) is 43.2 Å². The summed E-state index contributed by atoms with van der Waals surface area (Å²) in [6, 6.07) is 12.2. The first kappa shape index (κ1) is 18.8. The van der Waals surface area contributed by atoms with Crippen LogP contribution in [0, 0.1) is 0 Å². The molecule has 1 amide bonds. The summed E-state index contributed by atoms with van der Waals surface area (Å²) in [5.74, 6) is 0.176. The summed E-state index contributed by atoms with van der Waals surface area (Å²) in [6.07, 6.45) is 0. The summed E-state index contributed by atoms with van der Waals surface area (Å²) in [5.41, 5.74) is 1.55. The Morgan fingerprint density at radius 3 is 2.27 bits per heavy atom. The smallest absolute Gasteiger partial charge is 0.282 e. The number of anilines is 2. The number of nitrogens with one attached hydrogen (secondary N) is 2. The topological polar surface area (TPSA) is 57.0 Å². The van der Waals surface area contributed by atoms with Crippen LogP contribution in [0.2, 0.25) is 10.0 Å². The molecule has 2 aromatic rings. The fourth-order valence-electron chi connectivity index (χ4n) is 3.18. The number of nitrogens with zero attached hydrogens (tertiary/aromatic N) is 1. The Labute approximate surface area is 163 Å². The number of halogens is 2. The van der Waals surface area contributed by atoms with Gasteiger partial charge in [-0.25, -0.2) is 0 Å². The molecular formula is C19H22Cl2N3O2+. The standard InChI is InChI=1S/C19H21Cl2N3O2/c1-13(19(26)22-18-16(20)3-2-4-17(18)21)23-9-11-24(12-10-23)14-5-7-15(25)8-6-14/h2-8,13,25H,9-12H2,1H3,(H,22,26)/p+1/t13-/m0/s1. The van der Waals surface area contributed by atoms with E-state index in [0.29, 0.717) is 15.7 Å². The number of carbonyl (C=O) groups excluding carboxylic acids is 1. The molecule has 1 aliphatic rings. The molecule has 1 aliphatic heterocycles. The number of carbonyl (C=O) groups is 1. The molecule has 1 saturated heterocycles. The van der Waals surface area contributed by atoms with Gasteiger partial charge in [0.25, 0.3) is 5.91 Å². The lowest BCUT2D eigenvalue weighted by molar-refractivity contribution is -0.914. The molecule has 0 unspecified atom stereocenters. The van der Waals surface area contributed by atoms with Gasteiger partial charge in [-0.15, -0.1) is 0 Å². The van der Waals surface area contributed by atoms with Crippen molar-refractivity contribution in [3.05, 3.63) is 52.5 Å². The molecule has 1 fully saturated rings. The lowest BCUT2D eigenvalue weighted by Crippen LogP contribution is -3.19. The van der Waals surface area contributed by atoms with Gasteiger partial charge in [-0.1, -0.05) is 29.3 Å². The molecule has 0 radical (unpaired) electrons. The summed E-state index contributed by atoms with van der Waals surface area (Å²) in [4.78, 5) is 16.1. The van der Waals surface area contributed by atoms with E-state index in [-0.39, 0.29) is 17.7 Å². The van der Waals surface area contributed by atoms with Crippen LogP contribution in [0.15, 0.2) is 42.5 Å². The second kappa shape index (κ2) is 8.16. The van der Waals surface area contributed by atoms with Gasteiger partial charge in [-0.3, -0.25) is 4.79 Å². The minimum absolute atomic E-state index is 0.0897. The molecule has 0 aliphatic carbocycles. The Morgan fingerprint density at radius 2 is 1.69 bits per heavy atom. The highest BCUT2D eigenvalue weighted by molar-refractivity contribution is 6.39. The number of hydrogen-bond acceptors (Lipinski definition) is 3. The average Bonchev–Trinajstić information content (AvgIpc) is 2.65. The first-order valence-electron chi connectivity index (χ1n) is 8.59. The molecule has 0 aromatic heterocycles. The summed E-state index contributed by atoms with van der Waals surface area (Å²) >= 11 is 12.3. The highest BCUT2D eigenvalue weighted by Crippen LogP contribution is 2.29. The Hall–Kier alpha value is -1.95. The SMILES string of the molecule is C[C@@H](C(=O)Nc1c(Cl)cccc1Cl)[NH+]1CCN(c2ccc(O)cc2)CC1. The van der Waals surface area contributed by atoms with Crippen molar-refractivity contribution in [3.63, 3.8) is 0 Å². The summed E-state index contributed by atoms with van der Waals surface area (Å²) < 4.78 is 0. The number of quaternary nitrogens is 1. The third kappa shape index (κ3) is 4.23. The second-order valence-electron chi connectivity index (χ2n) is 6.47. The number of phenolic OH excluding ortho intramolecular Hbond substituents is 1. The Balaban J connectivity index is 1.58. The quantitative estimate of drug-likeness (QED) is 0.746. The van der Waals surface area contributed by atoms with Crippen molar-refractivity contribution in [3.8, 4) is 5.75 Å². The Kier molecular flexibility index (Phi) is 5.91. The molecule has 0 saturated carbocycles. The maximum absolute atomic E-state index is 12.6. The fourth-order valence-corrected chi connectivity index (χ4v) is 3.67. The molecule has 2 aromatic carbocycles. The average molecular weight is 395 g/mol. The van der Waals surface area contributed by atoms with Crippen molar-refractivity contribution in [1.82, 2.24) is 0 Å². The summed E-state index contributed by atoms with van der Waals surface area (Å²) in [7, 11) is 0. The lowest BCUT2D eigenvalue weighted by atomic mass is 10.2. The van der Waals surface area contributed by atoms with Crippen LogP contribution < -0.4 is 15.1 Å². The van der Waals surface area contributed by atoms with Crippen LogP contribution in [0.5, 0.6) is 5.75 Å². The van der Waals surface area contributed by atoms with Gasteiger partial charge in [0, 0.05) is 5.69 Å². The minimum Gasteiger partial charge on any atom is -0.508 e. The second-order valence-corrected chi connectivity index (χ2v) is 7.28.